The van der Waals surface area contributed by atoms with Crippen LogP contribution in [0.25, 0.3) is 0 Å². The minimum atomic E-state index is -3.04. The van der Waals surface area contributed by atoms with Crippen LogP contribution in [-0.2, 0) is 19.4 Å². The van der Waals surface area contributed by atoms with Crippen LogP contribution < -0.4 is 15.4 Å². The summed E-state index contributed by atoms with van der Waals surface area (Å²) in [6, 6.07) is 15.4. The largest absolute Gasteiger partial charge is 0.434 e. The van der Waals surface area contributed by atoms with Crippen LogP contribution in [0.2, 0.25) is 0 Å². The Hall–Kier alpha value is -3.26. The summed E-state index contributed by atoms with van der Waals surface area (Å²) < 4.78 is 30.0. The zero-order chi connectivity index (χ0) is 22.5. The Labute approximate surface area is 188 Å². The molecule has 5 nitrogen and oxygen atoms in total. The monoisotopic (exact) mass is 456 g/mol. The maximum Gasteiger partial charge on any atom is 0.387 e. The van der Waals surface area contributed by atoms with Crippen LogP contribution in [0.15, 0.2) is 54.6 Å². The molecule has 2 aromatic carbocycles. The lowest BCUT2D eigenvalue weighted by atomic mass is 9.95. The molecule has 1 aliphatic rings. The van der Waals surface area contributed by atoms with Gasteiger partial charge in [0.1, 0.15) is 10.8 Å². The fraction of sp³-hybridized carbons (Fsp3) is 0.250. The molecular formula is C24H22F2N2O3S. The lowest BCUT2D eigenvalue weighted by Gasteiger charge is -2.14. The van der Waals surface area contributed by atoms with Crippen molar-refractivity contribution in [3.8, 4) is 5.75 Å². The average Bonchev–Trinajstić information content (AvgIpc) is 3.16. The van der Waals surface area contributed by atoms with Crippen molar-refractivity contribution in [3.63, 3.8) is 0 Å². The summed E-state index contributed by atoms with van der Waals surface area (Å²) >= 11 is 1.37. The fourth-order valence-electron chi connectivity index (χ4n) is 3.78. The number of nitrogens with one attached hydrogen (secondary N) is 2. The van der Waals surface area contributed by atoms with Gasteiger partial charge in [0.2, 0.25) is 0 Å². The quantitative estimate of drug-likeness (QED) is 0.500. The molecule has 1 aromatic heterocycles. The highest BCUT2D eigenvalue weighted by molar-refractivity contribution is 7.17. The number of thiophene rings is 1. The third-order valence-corrected chi connectivity index (χ3v) is 6.48. The van der Waals surface area contributed by atoms with Crippen LogP contribution in [0.3, 0.4) is 0 Å². The SMILES string of the molecule is O=C(Nc1sc2c(c1C(=O)NCc1ccccc1)CCCC2)c1ccccc1OC(F)F. The van der Waals surface area contributed by atoms with Crippen molar-refractivity contribution >= 4 is 28.2 Å². The molecule has 0 saturated carbocycles. The van der Waals surface area contributed by atoms with E-state index in [1.54, 1.807) is 6.07 Å². The van der Waals surface area contributed by atoms with E-state index in [4.69, 9.17) is 0 Å². The average molecular weight is 457 g/mol. The van der Waals surface area contributed by atoms with E-state index >= 15 is 0 Å². The molecule has 1 heterocycles. The number of hydrogen-bond acceptors (Lipinski definition) is 4. The first-order valence-electron chi connectivity index (χ1n) is 10.3. The molecule has 0 fully saturated rings. The van der Waals surface area contributed by atoms with Crippen molar-refractivity contribution in [3.05, 3.63) is 81.7 Å². The Balaban J connectivity index is 1.60. The second-order valence-electron chi connectivity index (χ2n) is 7.41. The Morgan fingerprint density at radius 3 is 2.47 bits per heavy atom. The number of alkyl halides is 2. The highest BCUT2D eigenvalue weighted by Gasteiger charge is 2.27. The van der Waals surface area contributed by atoms with Crippen LogP contribution in [0.4, 0.5) is 13.8 Å². The first-order chi connectivity index (χ1) is 15.5. The van der Waals surface area contributed by atoms with Gasteiger partial charge in [0.05, 0.1) is 11.1 Å². The van der Waals surface area contributed by atoms with Gasteiger partial charge in [-0.1, -0.05) is 42.5 Å². The number of carbonyl (C=O) groups is 2. The van der Waals surface area contributed by atoms with Gasteiger partial charge in [-0.15, -0.1) is 11.3 Å². The second-order valence-corrected chi connectivity index (χ2v) is 8.52. The van der Waals surface area contributed by atoms with E-state index in [1.165, 1.54) is 29.5 Å². The zero-order valence-corrected chi connectivity index (χ0v) is 18.0. The Bertz CT molecular complexity index is 1120. The molecule has 2 N–H and O–H groups in total. The van der Waals surface area contributed by atoms with Gasteiger partial charge in [-0.05, 0) is 48.9 Å². The topological polar surface area (TPSA) is 67.4 Å². The van der Waals surface area contributed by atoms with E-state index in [2.05, 4.69) is 15.4 Å². The predicted molar refractivity (Wildman–Crippen MR) is 120 cm³/mol. The van der Waals surface area contributed by atoms with Crippen LogP contribution in [0, 0.1) is 0 Å². The fourth-order valence-corrected chi connectivity index (χ4v) is 5.07. The van der Waals surface area contributed by atoms with Crippen molar-refractivity contribution in [1.29, 1.82) is 0 Å². The van der Waals surface area contributed by atoms with Crippen LogP contribution in [-0.4, -0.2) is 18.4 Å². The van der Waals surface area contributed by atoms with Gasteiger partial charge < -0.3 is 15.4 Å². The standard InChI is InChI=1S/C24H22F2N2O3S/c25-24(26)31-18-12-6-4-10-16(18)21(29)28-23-20(17-11-5-7-13-19(17)32-23)22(30)27-14-15-8-2-1-3-9-15/h1-4,6,8-10,12,24H,5,7,11,13-14H2,(H,27,30)(H,28,29). The number of aryl methyl sites for hydroxylation is 1. The molecule has 3 aromatic rings. The molecule has 0 unspecified atom stereocenters. The number of para-hydroxylation sites is 1. The van der Waals surface area contributed by atoms with E-state index in [9.17, 15) is 18.4 Å². The molecular weight excluding hydrogens is 434 g/mol. The summed E-state index contributed by atoms with van der Waals surface area (Å²) in [4.78, 5) is 27.1. The Morgan fingerprint density at radius 2 is 1.69 bits per heavy atom. The maximum absolute atomic E-state index is 13.1. The molecule has 0 spiro atoms. The lowest BCUT2D eigenvalue weighted by molar-refractivity contribution is -0.0501. The number of anilines is 1. The third kappa shape index (κ3) is 4.96. The maximum atomic E-state index is 13.1. The summed E-state index contributed by atoms with van der Waals surface area (Å²) in [5, 5.41) is 6.14. The third-order valence-electron chi connectivity index (χ3n) is 5.27. The molecule has 8 heteroatoms. The first-order valence-corrected chi connectivity index (χ1v) is 11.2. The van der Waals surface area contributed by atoms with Crippen molar-refractivity contribution < 1.29 is 23.1 Å². The van der Waals surface area contributed by atoms with Gasteiger partial charge in [-0.2, -0.15) is 8.78 Å². The number of hydrogen-bond donors (Lipinski definition) is 2. The lowest BCUT2D eigenvalue weighted by Crippen LogP contribution is -2.25. The van der Waals surface area contributed by atoms with Crippen molar-refractivity contribution in [2.24, 2.45) is 0 Å². The van der Waals surface area contributed by atoms with E-state index in [0.29, 0.717) is 17.1 Å². The smallest absolute Gasteiger partial charge is 0.387 e. The molecule has 4 rings (SSSR count). The minimum Gasteiger partial charge on any atom is -0.434 e. The van der Waals surface area contributed by atoms with E-state index in [0.717, 1.165) is 41.7 Å². The summed E-state index contributed by atoms with van der Waals surface area (Å²) in [5.74, 6) is -1.07. The molecule has 0 radical (unpaired) electrons. The highest BCUT2D eigenvalue weighted by atomic mass is 32.1. The molecule has 166 valence electrons. The van der Waals surface area contributed by atoms with Gasteiger partial charge in [0, 0.05) is 11.4 Å². The number of carbonyl (C=O) groups excluding carboxylic acids is 2. The van der Waals surface area contributed by atoms with Crippen LogP contribution in [0.1, 0.15) is 49.6 Å². The van der Waals surface area contributed by atoms with Gasteiger partial charge in [-0.3, -0.25) is 9.59 Å². The van der Waals surface area contributed by atoms with E-state index < -0.39 is 12.5 Å². The number of fused-ring (bicyclic) bond motifs is 1. The molecule has 0 saturated heterocycles. The van der Waals surface area contributed by atoms with Gasteiger partial charge in [-0.25, -0.2) is 0 Å². The second kappa shape index (κ2) is 9.91. The minimum absolute atomic E-state index is 0.0187. The molecule has 0 aliphatic heterocycles. The van der Waals surface area contributed by atoms with Crippen LogP contribution in [0.5, 0.6) is 5.75 Å². The normalized spacial score (nSPS) is 12.8. The number of ether oxygens (including phenoxy) is 1. The number of amides is 2. The molecule has 0 bridgehead atoms. The van der Waals surface area contributed by atoms with Crippen LogP contribution >= 0.6 is 11.3 Å². The van der Waals surface area contributed by atoms with Gasteiger partial charge in [0.25, 0.3) is 11.8 Å². The van der Waals surface area contributed by atoms with Gasteiger partial charge in [0.15, 0.2) is 0 Å². The number of halogens is 2. The zero-order valence-electron chi connectivity index (χ0n) is 17.2. The summed E-state index contributed by atoms with van der Waals surface area (Å²) in [6.45, 7) is -2.68. The van der Waals surface area contributed by atoms with Gasteiger partial charge >= 0.3 is 6.61 Å². The van der Waals surface area contributed by atoms with E-state index in [1.807, 2.05) is 30.3 Å². The summed E-state index contributed by atoms with van der Waals surface area (Å²) in [7, 11) is 0. The molecule has 2 amide bonds. The Morgan fingerprint density at radius 1 is 0.969 bits per heavy atom. The highest BCUT2D eigenvalue weighted by Crippen LogP contribution is 2.38. The number of rotatable bonds is 7. The van der Waals surface area contributed by atoms with Crippen molar-refractivity contribution in [2.75, 3.05) is 5.32 Å². The molecule has 1 aliphatic carbocycles. The number of benzene rings is 2. The summed E-state index contributed by atoms with van der Waals surface area (Å²) in [6.07, 6.45) is 3.61. The van der Waals surface area contributed by atoms with Crippen molar-refractivity contribution in [1.82, 2.24) is 5.32 Å². The Kier molecular flexibility index (Phi) is 6.80. The summed E-state index contributed by atoms with van der Waals surface area (Å²) in [5.41, 5.74) is 2.36. The van der Waals surface area contributed by atoms with Crippen molar-refractivity contribution in [2.45, 2.75) is 38.8 Å². The molecule has 32 heavy (non-hydrogen) atoms. The molecule has 0 atom stereocenters. The van der Waals surface area contributed by atoms with E-state index in [-0.39, 0.29) is 17.2 Å². The first kappa shape index (κ1) is 22.0. The predicted octanol–water partition coefficient (Wildman–Crippen LogP) is 5.41.